The van der Waals surface area contributed by atoms with E-state index >= 15 is 0 Å². The number of unbranched alkanes of at least 4 members (excludes halogenated alkanes) is 1. The van der Waals surface area contributed by atoms with Gasteiger partial charge in [0.25, 0.3) is 5.91 Å². The number of benzene rings is 2. The maximum atomic E-state index is 14.2. The molecule has 1 N–H and O–H groups in total. The lowest BCUT2D eigenvalue weighted by Crippen LogP contribution is -2.42. The maximum Gasteiger partial charge on any atom is 0.338 e. The van der Waals surface area contributed by atoms with Crippen molar-refractivity contribution < 1.29 is 28.2 Å². The van der Waals surface area contributed by atoms with Gasteiger partial charge in [0.2, 0.25) is 11.1 Å². The molecule has 1 amide bonds. The smallest absolute Gasteiger partial charge is 0.338 e. The predicted molar refractivity (Wildman–Crippen MR) is 156 cm³/mol. The highest BCUT2D eigenvalue weighted by molar-refractivity contribution is 7.98. The van der Waals surface area contributed by atoms with Crippen LogP contribution < -0.4 is 10.1 Å². The minimum absolute atomic E-state index is 0.0729. The zero-order chi connectivity index (χ0) is 29.5. The largest absolute Gasteiger partial charge is 0.484 e. The SMILES string of the molecule is CCCCOC(=O)C1=C(C)Nc2nc(SCc3ccccc3F)nn2C1c1ccc(OCC(=O)N2CCOCC2)cc1. The first-order chi connectivity index (χ1) is 20.4. The number of carbonyl (C=O) groups excluding carboxylic acids is 2. The van der Waals surface area contributed by atoms with Crippen molar-refractivity contribution in [2.24, 2.45) is 0 Å². The standard InChI is InChI=1S/C30H34FN5O5S/c1-3-4-15-40-28(38)26-20(2)32-29-33-30(42-19-22-7-5-6-8-24(22)31)34-36(29)27(26)21-9-11-23(12-10-21)41-18-25(37)35-13-16-39-17-14-35/h5-12,27H,3-4,13-19H2,1-2H3,(H,32,33,34). The first-order valence-corrected chi connectivity index (χ1v) is 15.0. The van der Waals surface area contributed by atoms with Crippen molar-refractivity contribution in [1.29, 1.82) is 0 Å². The second kappa shape index (κ2) is 13.8. The second-order valence-electron chi connectivity index (χ2n) is 9.95. The summed E-state index contributed by atoms with van der Waals surface area (Å²) in [7, 11) is 0. The molecule has 10 nitrogen and oxygen atoms in total. The lowest BCUT2D eigenvalue weighted by atomic mass is 9.96. The van der Waals surface area contributed by atoms with E-state index < -0.39 is 12.0 Å². The Hall–Kier alpha value is -3.90. The normalized spacial score (nSPS) is 16.5. The van der Waals surface area contributed by atoms with Crippen molar-refractivity contribution in [3.05, 3.63) is 76.7 Å². The molecule has 5 rings (SSSR count). The molecule has 12 heteroatoms. The Morgan fingerprint density at radius 3 is 2.64 bits per heavy atom. The minimum Gasteiger partial charge on any atom is -0.484 e. The number of rotatable bonds is 11. The Labute approximate surface area is 248 Å². The molecular formula is C30H34FN5O5S. The number of ether oxygens (including phenoxy) is 3. The molecule has 0 aliphatic carbocycles. The van der Waals surface area contributed by atoms with E-state index in [0.29, 0.717) is 72.4 Å². The second-order valence-corrected chi connectivity index (χ2v) is 10.9. The Morgan fingerprint density at radius 1 is 1.14 bits per heavy atom. The summed E-state index contributed by atoms with van der Waals surface area (Å²) >= 11 is 1.31. The van der Waals surface area contributed by atoms with Crippen LogP contribution in [0.4, 0.5) is 10.3 Å². The van der Waals surface area contributed by atoms with E-state index in [1.165, 1.54) is 17.8 Å². The van der Waals surface area contributed by atoms with Crippen LogP contribution in [-0.4, -0.2) is 71.1 Å². The summed E-state index contributed by atoms with van der Waals surface area (Å²) in [5, 5.41) is 8.34. The Morgan fingerprint density at radius 2 is 1.90 bits per heavy atom. The van der Waals surface area contributed by atoms with E-state index in [0.717, 1.165) is 18.4 Å². The first-order valence-electron chi connectivity index (χ1n) is 14.0. The molecule has 1 unspecified atom stereocenters. The van der Waals surface area contributed by atoms with Crippen molar-refractivity contribution in [3.63, 3.8) is 0 Å². The highest BCUT2D eigenvalue weighted by atomic mass is 32.2. The molecule has 42 heavy (non-hydrogen) atoms. The third-order valence-corrected chi connectivity index (χ3v) is 7.91. The number of hydrogen-bond acceptors (Lipinski definition) is 9. The number of thioether (sulfide) groups is 1. The van der Waals surface area contributed by atoms with E-state index in [-0.39, 0.29) is 18.3 Å². The summed E-state index contributed by atoms with van der Waals surface area (Å²) in [5.41, 5.74) is 2.35. The molecule has 3 heterocycles. The van der Waals surface area contributed by atoms with Crippen LogP contribution in [0.25, 0.3) is 0 Å². The molecule has 222 valence electrons. The monoisotopic (exact) mass is 595 g/mol. The number of nitrogens with zero attached hydrogens (tertiary/aromatic N) is 4. The number of halogens is 1. The molecule has 1 saturated heterocycles. The fraction of sp³-hybridized carbons (Fsp3) is 0.400. The first kappa shape index (κ1) is 29.6. The summed E-state index contributed by atoms with van der Waals surface area (Å²) in [6.07, 6.45) is 1.66. The molecule has 1 fully saturated rings. The van der Waals surface area contributed by atoms with Gasteiger partial charge < -0.3 is 24.4 Å². The summed E-state index contributed by atoms with van der Waals surface area (Å²) in [6, 6.07) is 13.2. The molecule has 0 saturated carbocycles. The molecular weight excluding hydrogens is 561 g/mol. The average Bonchev–Trinajstić information content (AvgIpc) is 3.42. The van der Waals surface area contributed by atoms with Gasteiger partial charge in [-0.25, -0.2) is 13.9 Å². The van der Waals surface area contributed by atoms with Crippen molar-refractivity contribution in [2.75, 3.05) is 44.8 Å². The van der Waals surface area contributed by atoms with E-state index in [9.17, 15) is 14.0 Å². The molecule has 2 aliphatic rings. The number of amides is 1. The van der Waals surface area contributed by atoms with Gasteiger partial charge in [-0.2, -0.15) is 4.98 Å². The lowest BCUT2D eigenvalue weighted by molar-refractivity contribution is -0.140. The zero-order valence-corrected chi connectivity index (χ0v) is 24.5. The third kappa shape index (κ3) is 6.93. The Bertz CT molecular complexity index is 1440. The Balaban J connectivity index is 1.37. The molecule has 2 aliphatic heterocycles. The number of fused-ring (bicyclic) bond motifs is 1. The zero-order valence-electron chi connectivity index (χ0n) is 23.7. The van der Waals surface area contributed by atoms with Crippen molar-refractivity contribution in [3.8, 4) is 5.75 Å². The maximum absolute atomic E-state index is 14.2. The molecule has 2 aromatic carbocycles. The number of hydrogen-bond donors (Lipinski definition) is 1. The van der Waals surface area contributed by atoms with Crippen molar-refractivity contribution in [1.82, 2.24) is 19.7 Å². The van der Waals surface area contributed by atoms with Gasteiger partial charge in [0.05, 0.1) is 25.4 Å². The minimum atomic E-state index is -0.616. The summed E-state index contributed by atoms with van der Waals surface area (Å²) in [6.45, 7) is 6.25. The fourth-order valence-electron chi connectivity index (χ4n) is 4.71. The number of carbonyl (C=O) groups is 2. The van der Waals surface area contributed by atoms with E-state index in [4.69, 9.17) is 19.3 Å². The quantitative estimate of drug-likeness (QED) is 0.194. The van der Waals surface area contributed by atoms with Gasteiger partial charge in [-0.3, -0.25) is 4.79 Å². The fourth-order valence-corrected chi connectivity index (χ4v) is 5.52. The van der Waals surface area contributed by atoms with Crippen LogP contribution in [0.15, 0.2) is 65.0 Å². The molecule has 1 atom stereocenters. The van der Waals surface area contributed by atoms with Crippen LogP contribution in [0.3, 0.4) is 0 Å². The number of morpholine rings is 1. The van der Waals surface area contributed by atoms with Crippen LogP contribution in [0.1, 0.15) is 43.9 Å². The van der Waals surface area contributed by atoms with Gasteiger partial charge in [-0.15, -0.1) is 5.10 Å². The number of anilines is 1. The van der Waals surface area contributed by atoms with Crippen LogP contribution in [0.2, 0.25) is 0 Å². The van der Waals surface area contributed by atoms with Crippen LogP contribution in [-0.2, 0) is 24.8 Å². The molecule has 1 aromatic heterocycles. The van der Waals surface area contributed by atoms with Gasteiger partial charge in [-0.1, -0.05) is 55.4 Å². The average molecular weight is 596 g/mol. The lowest BCUT2D eigenvalue weighted by Gasteiger charge is -2.28. The molecule has 0 radical (unpaired) electrons. The highest BCUT2D eigenvalue weighted by Gasteiger charge is 2.35. The predicted octanol–water partition coefficient (Wildman–Crippen LogP) is 4.58. The van der Waals surface area contributed by atoms with E-state index in [1.807, 2.05) is 26.0 Å². The third-order valence-electron chi connectivity index (χ3n) is 7.02. The van der Waals surface area contributed by atoms with Gasteiger partial charge in [0.1, 0.15) is 17.6 Å². The molecule has 0 spiro atoms. The number of nitrogens with one attached hydrogen (secondary N) is 1. The Kier molecular flexibility index (Phi) is 9.75. The summed E-state index contributed by atoms with van der Waals surface area (Å²) in [4.78, 5) is 32.2. The number of allylic oxidation sites excluding steroid dienone is 1. The van der Waals surface area contributed by atoms with E-state index in [2.05, 4.69) is 10.3 Å². The number of esters is 1. The number of aromatic nitrogens is 3. The van der Waals surface area contributed by atoms with Crippen molar-refractivity contribution >= 4 is 29.6 Å². The van der Waals surface area contributed by atoms with Gasteiger partial charge in [0.15, 0.2) is 6.61 Å². The molecule has 3 aromatic rings. The van der Waals surface area contributed by atoms with E-state index in [1.54, 1.807) is 39.9 Å². The summed E-state index contributed by atoms with van der Waals surface area (Å²) < 4.78 is 32.5. The summed E-state index contributed by atoms with van der Waals surface area (Å²) in [5.74, 6) is 0.542. The molecule has 0 bridgehead atoms. The van der Waals surface area contributed by atoms with Crippen LogP contribution in [0.5, 0.6) is 5.75 Å². The highest BCUT2D eigenvalue weighted by Crippen LogP contribution is 2.37. The topological polar surface area (TPSA) is 108 Å². The van der Waals surface area contributed by atoms with Crippen LogP contribution in [0, 0.1) is 5.82 Å². The van der Waals surface area contributed by atoms with Gasteiger partial charge in [0, 0.05) is 24.5 Å². The van der Waals surface area contributed by atoms with Crippen LogP contribution >= 0.6 is 11.8 Å². The van der Waals surface area contributed by atoms with Crippen molar-refractivity contribution in [2.45, 2.75) is 43.6 Å². The van der Waals surface area contributed by atoms with Gasteiger partial charge in [-0.05, 0) is 42.7 Å². The van der Waals surface area contributed by atoms with Gasteiger partial charge >= 0.3 is 5.97 Å².